The van der Waals surface area contributed by atoms with Crippen LogP contribution in [0.4, 0.5) is 26.3 Å². The van der Waals surface area contributed by atoms with E-state index in [-0.39, 0.29) is 5.56 Å². The van der Waals surface area contributed by atoms with Crippen LogP contribution in [0.1, 0.15) is 11.1 Å². The number of aromatic nitrogens is 1. The van der Waals surface area contributed by atoms with Crippen LogP contribution in [-0.2, 0) is 5.60 Å². The van der Waals surface area contributed by atoms with E-state index in [0.717, 1.165) is 19.2 Å². The van der Waals surface area contributed by atoms with Gasteiger partial charge in [-0.3, -0.25) is 4.98 Å². The van der Waals surface area contributed by atoms with E-state index in [1.54, 1.807) is 0 Å². The Morgan fingerprint density at radius 2 is 1.53 bits per heavy atom. The Labute approximate surface area is 91.9 Å². The predicted molar refractivity (Wildman–Crippen MR) is 45.0 cm³/mol. The van der Waals surface area contributed by atoms with Gasteiger partial charge >= 0.3 is 12.4 Å². The molecule has 17 heavy (non-hydrogen) atoms. The highest BCUT2D eigenvalue weighted by molar-refractivity contribution is 5.31. The van der Waals surface area contributed by atoms with Crippen molar-refractivity contribution in [2.24, 2.45) is 0 Å². The summed E-state index contributed by atoms with van der Waals surface area (Å²) < 4.78 is 74.8. The molecule has 1 aromatic rings. The van der Waals surface area contributed by atoms with Crippen LogP contribution in [0, 0.1) is 6.92 Å². The Bertz CT molecular complexity index is 397. The number of aliphatic hydroxyl groups is 1. The summed E-state index contributed by atoms with van der Waals surface area (Å²) in [5.74, 6) is 0. The minimum absolute atomic E-state index is 0.350. The quantitative estimate of drug-likeness (QED) is 0.786. The maximum absolute atomic E-state index is 12.5. The van der Waals surface area contributed by atoms with Gasteiger partial charge in [-0.15, -0.1) is 0 Å². The standard InChI is InChI=1S/C9H7F6NO/c1-5-2-3-16-4-6(5)7(17,8(10,11)12)9(13,14)15/h2-4,17H,1H3. The number of aryl methyl sites for hydroxylation is 1. The average molecular weight is 259 g/mol. The molecule has 0 aliphatic heterocycles. The fourth-order valence-corrected chi connectivity index (χ4v) is 1.31. The van der Waals surface area contributed by atoms with Gasteiger partial charge in [0.25, 0.3) is 5.60 Å². The summed E-state index contributed by atoms with van der Waals surface area (Å²) in [6.07, 6.45) is -10.4. The molecule has 0 saturated carbocycles. The van der Waals surface area contributed by atoms with Gasteiger partial charge in [-0.25, -0.2) is 0 Å². The number of pyridine rings is 1. The Kier molecular flexibility index (Phi) is 3.13. The van der Waals surface area contributed by atoms with Gasteiger partial charge in [0, 0.05) is 18.0 Å². The van der Waals surface area contributed by atoms with Gasteiger partial charge in [-0.05, 0) is 18.6 Å². The number of hydrogen-bond donors (Lipinski definition) is 1. The van der Waals surface area contributed by atoms with Crippen molar-refractivity contribution >= 4 is 0 Å². The van der Waals surface area contributed by atoms with Crippen molar-refractivity contribution in [1.82, 2.24) is 4.98 Å². The molecule has 0 aromatic carbocycles. The summed E-state index contributed by atoms with van der Waals surface area (Å²) in [7, 11) is 0. The average Bonchev–Trinajstić information content (AvgIpc) is 2.13. The zero-order chi connectivity index (χ0) is 13.5. The number of rotatable bonds is 1. The molecule has 0 unspecified atom stereocenters. The lowest BCUT2D eigenvalue weighted by atomic mass is 9.90. The minimum Gasteiger partial charge on any atom is -0.369 e. The van der Waals surface area contributed by atoms with Gasteiger partial charge in [-0.2, -0.15) is 26.3 Å². The molecule has 0 aliphatic carbocycles. The predicted octanol–water partition coefficient (Wildman–Crippen LogP) is 2.70. The van der Waals surface area contributed by atoms with Crippen LogP contribution in [0.2, 0.25) is 0 Å². The van der Waals surface area contributed by atoms with Crippen molar-refractivity contribution in [1.29, 1.82) is 0 Å². The lowest BCUT2D eigenvalue weighted by Gasteiger charge is -2.33. The van der Waals surface area contributed by atoms with Crippen molar-refractivity contribution < 1.29 is 31.4 Å². The monoisotopic (exact) mass is 259 g/mol. The summed E-state index contributed by atoms with van der Waals surface area (Å²) in [5, 5.41) is 9.05. The van der Waals surface area contributed by atoms with Crippen molar-refractivity contribution in [2.45, 2.75) is 24.9 Å². The first-order valence-electron chi connectivity index (χ1n) is 4.28. The summed E-state index contributed by atoms with van der Waals surface area (Å²) in [6, 6.07) is 0.956. The molecular weight excluding hydrogens is 252 g/mol. The lowest BCUT2D eigenvalue weighted by Crippen LogP contribution is -2.54. The van der Waals surface area contributed by atoms with Crippen LogP contribution in [0.25, 0.3) is 0 Å². The molecule has 1 aromatic heterocycles. The third kappa shape index (κ3) is 2.08. The smallest absolute Gasteiger partial charge is 0.369 e. The normalized spacial score (nSPS) is 13.9. The first-order chi connectivity index (χ1) is 7.52. The molecule has 96 valence electrons. The Hall–Kier alpha value is -1.31. The maximum atomic E-state index is 12.5. The number of alkyl halides is 6. The topological polar surface area (TPSA) is 33.1 Å². The lowest BCUT2D eigenvalue weighted by molar-refractivity contribution is -0.376. The molecule has 0 atom stereocenters. The van der Waals surface area contributed by atoms with Gasteiger partial charge in [0.2, 0.25) is 0 Å². The van der Waals surface area contributed by atoms with Crippen molar-refractivity contribution in [3.05, 3.63) is 29.6 Å². The van der Waals surface area contributed by atoms with Crippen LogP contribution in [0.5, 0.6) is 0 Å². The third-order valence-corrected chi connectivity index (χ3v) is 2.25. The highest BCUT2D eigenvalue weighted by Gasteiger charge is 2.71. The second kappa shape index (κ2) is 3.86. The van der Waals surface area contributed by atoms with E-state index in [1.165, 1.54) is 0 Å². The van der Waals surface area contributed by atoms with E-state index in [2.05, 4.69) is 4.98 Å². The van der Waals surface area contributed by atoms with Gasteiger partial charge in [-0.1, -0.05) is 0 Å². The van der Waals surface area contributed by atoms with Gasteiger partial charge in [0.05, 0.1) is 0 Å². The summed E-state index contributed by atoms with van der Waals surface area (Å²) in [4.78, 5) is 3.18. The van der Waals surface area contributed by atoms with Gasteiger partial charge in [0.15, 0.2) is 0 Å². The number of nitrogens with zero attached hydrogens (tertiary/aromatic N) is 1. The fourth-order valence-electron chi connectivity index (χ4n) is 1.31. The summed E-state index contributed by atoms with van der Waals surface area (Å²) >= 11 is 0. The van der Waals surface area contributed by atoms with Crippen LogP contribution < -0.4 is 0 Å². The van der Waals surface area contributed by atoms with Crippen molar-refractivity contribution in [2.75, 3.05) is 0 Å². The largest absolute Gasteiger partial charge is 0.430 e. The van der Waals surface area contributed by atoms with E-state index in [9.17, 15) is 26.3 Å². The maximum Gasteiger partial charge on any atom is 0.430 e. The zero-order valence-corrected chi connectivity index (χ0v) is 8.39. The third-order valence-electron chi connectivity index (χ3n) is 2.25. The van der Waals surface area contributed by atoms with Gasteiger partial charge < -0.3 is 5.11 Å². The second-order valence-electron chi connectivity index (χ2n) is 3.40. The number of halogens is 6. The molecule has 0 amide bonds. The molecule has 0 saturated heterocycles. The van der Waals surface area contributed by atoms with E-state index < -0.39 is 23.5 Å². The molecule has 1 rings (SSSR count). The molecule has 2 nitrogen and oxygen atoms in total. The molecule has 0 aliphatic rings. The van der Waals surface area contributed by atoms with Crippen LogP contribution >= 0.6 is 0 Å². The van der Waals surface area contributed by atoms with Crippen LogP contribution in [0.3, 0.4) is 0 Å². The minimum atomic E-state index is -5.88. The second-order valence-corrected chi connectivity index (χ2v) is 3.40. The van der Waals surface area contributed by atoms with E-state index in [1.807, 2.05) is 0 Å². The van der Waals surface area contributed by atoms with Gasteiger partial charge in [0.1, 0.15) is 0 Å². The van der Waals surface area contributed by atoms with Crippen molar-refractivity contribution in [3.8, 4) is 0 Å². The molecule has 0 fully saturated rings. The fraction of sp³-hybridized carbons (Fsp3) is 0.444. The first-order valence-corrected chi connectivity index (χ1v) is 4.28. The highest BCUT2D eigenvalue weighted by Crippen LogP contribution is 2.50. The van der Waals surface area contributed by atoms with Crippen LogP contribution in [0.15, 0.2) is 18.5 Å². The number of hydrogen-bond acceptors (Lipinski definition) is 2. The Morgan fingerprint density at radius 1 is 1.06 bits per heavy atom. The van der Waals surface area contributed by atoms with E-state index >= 15 is 0 Å². The Balaban J connectivity index is 3.53. The molecule has 8 heteroatoms. The molecule has 0 bridgehead atoms. The summed E-state index contributed by atoms with van der Waals surface area (Å²) in [5.41, 5.74) is -6.57. The molecule has 1 N–H and O–H groups in total. The Morgan fingerprint density at radius 3 is 1.88 bits per heavy atom. The zero-order valence-electron chi connectivity index (χ0n) is 8.39. The molecule has 0 radical (unpaired) electrons. The molecular formula is C9H7F6NO. The van der Waals surface area contributed by atoms with E-state index in [4.69, 9.17) is 5.11 Å². The van der Waals surface area contributed by atoms with Crippen LogP contribution in [-0.4, -0.2) is 22.4 Å². The molecule has 0 spiro atoms. The van der Waals surface area contributed by atoms with E-state index in [0.29, 0.717) is 6.20 Å². The SMILES string of the molecule is Cc1ccncc1C(O)(C(F)(F)F)C(F)(F)F. The van der Waals surface area contributed by atoms with Crippen molar-refractivity contribution in [3.63, 3.8) is 0 Å². The first kappa shape index (κ1) is 13.8. The highest BCUT2D eigenvalue weighted by atomic mass is 19.4. The summed E-state index contributed by atoms with van der Waals surface area (Å²) in [6.45, 7) is 1.03. The molecule has 1 heterocycles.